The highest BCUT2D eigenvalue weighted by molar-refractivity contribution is 5.76. The van der Waals surface area contributed by atoms with E-state index in [0.717, 1.165) is 23.2 Å². The lowest BCUT2D eigenvalue weighted by Crippen LogP contribution is -2.01. The summed E-state index contributed by atoms with van der Waals surface area (Å²) in [5.74, 6) is 0. The molecule has 0 aliphatic heterocycles. The van der Waals surface area contributed by atoms with Gasteiger partial charge in [-0.05, 0) is 26.0 Å². The van der Waals surface area contributed by atoms with Gasteiger partial charge >= 0.3 is 0 Å². The number of benzene rings is 1. The van der Waals surface area contributed by atoms with E-state index in [1.54, 1.807) is 4.68 Å². The third-order valence-electron chi connectivity index (χ3n) is 2.52. The average Bonchev–Trinajstić information content (AvgIpc) is 2.56. The SMILES string of the molecule is Cc1nn(-c2ccccc2)c(C=O)c1C. The molecule has 0 saturated heterocycles. The fraction of sp³-hybridized carbons (Fsp3) is 0.167. The van der Waals surface area contributed by atoms with E-state index in [2.05, 4.69) is 5.10 Å². The Labute approximate surface area is 88.4 Å². The topological polar surface area (TPSA) is 34.9 Å². The molecule has 0 bridgehead atoms. The van der Waals surface area contributed by atoms with Gasteiger partial charge in [0.25, 0.3) is 0 Å². The average molecular weight is 200 g/mol. The highest BCUT2D eigenvalue weighted by Crippen LogP contribution is 2.15. The predicted octanol–water partition coefficient (Wildman–Crippen LogP) is 2.30. The minimum atomic E-state index is 0.624. The fourth-order valence-corrected chi connectivity index (χ4v) is 1.53. The molecule has 2 aromatic rings. The summed E-state index contributed by atoms with van der Waals surface area (Å²) in [6.07, 6.45) is 0.850. The van der Waals surface area contributed by atoms with E-state index in [-0.39, 0.29) is 0 Å². The van der Waals surface area contributed by atoms with Crippen molar-refractivity contribution in [1.82, 2.24) is 9.78 Å². The molecule has 76 valence electrons. The quantitative estimate of drug-likeness (QED) is 0.697. The van der Waals surface area contributed by atoms with Crippen molar-refractivity contribution in [1.29, 1.82) is 0 Å². The number of carbonyl (C=O) groups excluding carboxylic acids is 1. The Morgan fingerprint density at radius 1 is 1.20 bits per heavy atom. The number of hydrogen-bond donors (Lipinski definition) is 0. The summed E-state index contributed by atoms with van der Waals surface area (Å²) in [4.78, 5) is 11.0. The van der Waals surface area contributed by atoms with Crippen LogP contribution in [0.2, 0.25) is 0 Å². The monoisotopic (exact) mass is 200 g/mol. The van der Waals surface area contributed by atoms with E-state index in [0.29, 0.717) is 5.69 Å². The second-order valence-corrected chi connectivity index (χ2v) is 3.46. The first-order valence-corrected chi connectivity index (χ1v) is 4.81. The number of hydrogen-bond acceptors (Lipinski definition) is 2. The zero-order valence-corrected chi connectivity index (χ0v) is 8.77. The van der Waals surface area contributed by atoms with Crippen LogP contribution in [-0.2, 0) is 0 Å². The molecule has 0 saturated carbocycles. The molecule has 2 rings (SSSR count). The fourth-order valence-electron chi connectivity index (χ4n) is 1.53. The Bertz CT molecular complexity index is 486. The summed E-state index contributed by atoms with van der Waals surface area (Å²) in [6, 6.07) is 9.65. The minimum Gasteiger partial charge on any atom is -0.296 e. The summed E-state index contributed by atoms with van der Waals surface area (Å²) in [7, 11) is 0. The third kappa shape index (κ3) is 1.56. The Hall–Kier alpha value is -1.90. The molecule has 0 unspecified atom stereocenters. The Morgan fingerprint density at radius 3 is 2.47 bits per heavy atom. The minimum absolute atomic E-state index is 0.624. The Balaban J connectivity index is 2.63. The molecule has 1 aromatic heterocycles. The summed E-state index contributed by atoms with van der Waals surface area (Å²) in [6.45, 7) is 3.81. The molecule has 0 amide bonds. The lowest BCUT2D eigenvalue weighted by molar-refractivity contribution is 0.111. The van der Waals surface area contributed by atoms with Crippen molar-refractivity contribution >= 4 is 6.29 Å². The van der Waals surface area contributed by atoms with Crippen molar-refractivity contribution in [3.8, 4) is 5.69 Å². The van der Waals surface area contributed by atoms with Crippen molar-refractivity contribution < 1.29 is 4.79 Å². The smallest absolute Gasteiger partial charge is 0.168 e. The molecular weight excluding hydrogens is 188 g/mol. The first-order chi connectivity index (χ1) is 7.24. The Kier molecular flexibility index (Phi) is 2.37. The van der Waals surface area contributed by atoms with Crippen LogP contribution in [-0.4, -0.2) is 16.1 Å². The maximum Gasteiger partial charge on any atom is 0.168 e. The molecule has 0 aliphatic rings. The maximum absolute atomic E-state index is 11.0. The van der Waals surface area contributed by atoms with Crippen molar-refractivity contribution in [2.45, 2.75) is 13.8 Å². The van der Waals surface area contributed by atoms with E-state index in [1.165, 1.54) is 0 Å². The largest absolute Gasteiger partial charge is 0.296 e. The molecule has 1 aromatic carbocycles. The van der Waals surface area contributed by atoms with Gasteiger partial charge in [0.15, 0.2) is 6.29 Å². The van der Waals surface area contributed by atoms with E-state index >= 15 is 0 Å². The van der Waals surface area contributed by atoms with Gasteiger partial charge in [0.2, 0.25) is 0 Å². The molecule has 1 heterocycles. The third-order valence-corrected chi connectivity index (χ3v) is 2.52. The van der Waals surface area contributed by atoms with Crippen molar-refractivity contribution in [2.24, 2.45) is 0 Å². The van der Waals surface area contributed by atoms with Gasteiger partial charge in [-0.2, -0.15) is 5.10 Å². The van der Waals surface area contributed by atoms with Gasteiger partial charge < -0.3 is 0 Å². The van der Waals surface area contributed by atoms with Crippen LogP contribution in [0.3, 0.4) is 0 Å². The van der Waals surface area contributed by atoms with Crippen LogP contribution in [0.1, 0.15) is 21.7 Å². The number of para-hydroxylation sites is 1. The van der Waals surface area contributed by atoms with Crippen LogP contribution in [0.15, 0.2) is 30.3 Å². The number of aldehydes is 1. The number of rotatable bonds is 2. The molecule has 0 radical (unpaired) electrons. The van der Waals surface area contributed by atoms with E-state index in [1.807, 2.05) is 44.2 Å². The van der Waals surface area contributed by atoms with Crippen LogP contribution in [0, 0.1) is 13.8 Å². The second-order valence-electron chi connectivity index (χ2n) is 3.46. The lowest BCUT2D eigenvalue weighted by Gasteiger charge is -2.02. The predicted molar refractivity (Wildman–Crippen MR) is 58.4 cm³/mol. The molecular formula is C12H12N2O. The second kappa shape index (κ2) is 3.69. The molecule has 3 heteroatoms. The van der Waals surface area contributed by atoms with Gasteiger partial charge in [0, 0.05) is 5.56 Å². The lowest BCUT2D eigenvalue weighted by atomic mass is 10.2. The summed E-state index contributed by atoms with van der Waals surface area (Å²) < 4.78 is 1.68. The number of aryl methyl sites for hydroxylation is 1. The number of aromatic nitrogens is 2. The number of nitrogens with zero attached hydrogens (tertiary/aromatic N) is 2. The van der Waals surface area contributed by atoms with Crippen LogP contribution in [0.5, 0.6) is 0 Å². The first-order valence-electron chi connectivity index (χ1n) is 4.81. The molecule has 0 aliphatic carbocycles. The first kappa shape index (κ1) is 9.65. The van der Waals surface area contributed by atoms with Gasteiger partial charge in [-0.25, -0.2) is 4.68 Å². The summed E-state index contributed by atoms with van der Waals surface area (Å²) in [5, 5.41) is 4.34. The van der Waals surface area contributed by atoms with Crippen molar-refractivity contribution in [2.75, 3.05) is 0 Å². The van der Waals surface area contributed by atoms with Gasteiger partial charge in [-0.3, -0.25) is 4.79 Å². The summed E-state index contributed by atoms with van der Waals surface area (Å²) in [5.41, 5.74) is 3.37. The van der Waals surface area contributed by atoms with Crippen LogP contribution in [0.25, 0.3) is 5.69 Å². The van der Waals surface area contributed by atoms with E-state index < -0.39 is 0 Å². The zero-order chi connectivity index (χ0) is 10.8. The highest BCUT2D eigenvalue weighted by Gasteiger charge is 2.11. The highest BCUT2D eigenvalue weighted by atomic mass is 16.1. The maximum atomic E-state index is 11.0. The van der Waals surface area contributed by atoms with Crippen LogP contribution in [0.4, 0.5) is 0 Å². The van der Waals surface area contributed by atoms with Crippen molar-refractivity contribution in [3.63, 3.8) is 0 Å². The molecule has 3 nitrogen and oxygen atoms in total. The Morgan fingerprint density at radius 2 is 1.87 bits per heavy atom. The standard InChI is InChI=1S/C12H12N2O/c1-9-10(2)13-14(12(9)8-15)11-6-4-3-5-7-11/h3-8H,1-2H3. The van der Waals surface area contributed by atoms with Gasteiger partial charge in [-0.1, -0.05) is 18.2 Å². The molecule has 0 fully saturated rings. The molecule has 0 N–H and O–H groups in total. The molecule has 15 heavy (non-hydrogen) atoms. The van der Waals surface area contributed by atoms with Crippen molar-refractivity contribution in [3.05, 3.63) is 47.3 Å². The van der Waals surface area contributed by atoms with E-state index in [4.69, 9.17) is 0 Å². The van der Waals surface area contributed by atoms with Gasteiger partial charge in [0.05, 0.1) is 11.4 Å². The van der Waals surface area contributed by atoms with Gasteiger partial charge in [-0.15, -0.1) is 0 Å². The van der Waals surface area contributed by atoms with Crippen LogP contribution >= 0.6 is 0 Å². The van der Waals surface area contributed by atoms with Crippen LogP contribution < -0.4 is 0 Å². The molecule has 0 atom stereocenters. The normalized spacial score (nSPS) is 10.3. The van der Waals surface area contributed by atoms with E-state index in [9.17, 15) is 4.79 Å². The summed E-state index contributed by atoms with van der Waals surface area (Å²) >= 11 is 0. The van der Waals surface area contributed by atoms with Gasteiger partial charge in [0.1, 0.15) is 5.69 Å². The number of carbonyl (C=O) groups is 1. The molecule has 0 spiro atoms. The zero-order valence-electron chi connectivity index (χ0n) is 8.77.